The zero-order chi connectivity index (χ0) is 15.8. The zero-order valence-electron chi connectivity index (χ0n) is 12.7. The van der Waals surface area contributed by atoms with Gasteiger partial charge in [0.1, 0.15) is 12.4 Å². The molecule has 0 unspecified atom stereocenters. The van der Waals surface area contributed by atoms with Gasteiger partial charge in [-0.3, -0.25) is 4.79 Å². The monoisotopic (exact) mass is 331 g/mol. The van der Waals surface area contributed by atoms with Gasteiger partial charge in [0.2, 0.25) is 5.95 Å². The summed E-state index contributed by atoms with van der Waals surface area (Å²) < 4.78 is 7.14. The molecule has 0 spiro atoms. The maximum Gasteiger partial charge on any atom is 0.254 e. The van der Waals surface area contributed by atoms with E-state index in [0.717, 1.165) is 16.1 Å². The smallest absolute Gasteiger partial charge is 0.254 e. The number of anilines is 1. The van der Waals surface area contributed by atoms with Gasteiger partial charge in [-0.2, -0.15) is 10.1 Å². The van der Waals surface area contributed by atoms with Gasteiger partial charge in [-0.1, -0.05) is 6.07 Å². The maximum atomic E-state index is 13.1. The quantitative estimate of drug-likeness (QED) is 0.903. The van der Waals surface area contributed by atoms with Crippen LogP contribution in [0, 0.1) is 0 Å². The molecule has 4 heterocycles. The molecule has 1 saturated heterocycles. The maximum absolute atomic E-state index is 13.1. The molecule has 2 aliphatic heterocycles. The Kier molecular flexibility index (Phi) is 3.62. The normalized spacial score (nSPS) is 21.1. The van der Waals surface area contributed by atoms with Crippen molar-refractivity contribution >= 4 is 23.2 Å². The van der Waals surface area contributed by atoms with Gasteiger partial charge in [-0.15, -0.1) is 11.3 Å². The molecule has 1 N–H and O–H groups in total. The number of aromatic nitrogens is 3. The number of hydrogen-bond donors (Lipinski definition) is 1. The van der Waals surface area contributed by atoms with Crippen LogP contribution in [0.1, 0.15) is 17.8 Å². The summed E-state index contributed by atoms with van der Waals surface area (Å²) in [6, 6.07) is 3.79. The van der Waals surface area contributed by atoms with Crippen molar-refractivity contribution in [1.29, 1.82) is 0 Å². The number of hydrogen-bond acceptors (Lipinski definition) is 6. The molecule has 0 aromatic carbocycles. The van der Waals surface area contributed by atoms with E-state index in [1.54, 1.807) is 16.0 Å². The van der Waals surface area contributed by atoms with Crippen LogP contribution in [0.25, 0.3) is 0 Å². The summed E-state index contributed by atoms with van der Waals surface area (Å²) in [6.07, 6.45) is 1.51. The summed E-state index contributed by atoms with van der Waals surface area (Å²) in [4.78, 5) is 20.3. The number of carbonyl (C=O) groups is 1. The first-order chi connectivity index (χ1) is 11.3. The van der Waals surface area contributed by atoms with Gasteiger partial charge in [-0.25, -0.2) is 4.68 Å². The van der Waals surface area contributed by atoms with Crippen molar-refractivity contribution in [2.75, 3.05) is 31.6 Å². The van der Waals surface area contributed by atoms with Gasteiger partial charge >= 0.3 is 0 Å². The Hall–Kier alpha value is -2.19. The van der Waals surface area contributed by atoms with Crippen molar-refractivity contribution in [3.05, 3.63) is 40.0 Å². The van der Waals surface area contributed by atoms with Crippen molar-refractivity contribution in [3.8, 4) is 0 Å². The van der Waals surface area contributed by atoms with Crippen molar-refractivity contribution in [2.45, 2.75) is 13.0 Å². The lowest BCUT2D eigenvalue weighted by atomic mass is 10.00. The van der Waals surface area contributed by atoms with E-state index >= 15 is 0 Å². The van der Waals surface area contributed by atoms with Crippen molar-refractivity contribution in [2.24, 2.45) is 0 Å². The fourth-order valence-electron chi connectivity index (χ4n) is 3.01. The van der Waals surface area contributed by atoms with Crippen LogP contribution in [0.15, 0.2) is 35.1 Å². The molecule has 1 atom stereocenters. The molecule has 0 saturated carbocycles. The minimum absolute atomic E-state index is 0.0397. The van der Waals surface area contributed by atoms with E-state index in [-0.39, 0.29) is 11.9 Å². The lowest BCUT2D eigenvalue weighted by Gasteiger charge is -2.33. The van der Waals surface area contributed by atoms with Crippen molar-refractivity contribution in [1.82, 2.24) is 19.7 Å². The lowest BCUT2D eigenvalue weighted by molar-refractivity contribution is -0.131. The lowest BCUT2D eigenvalue weighted by Crippen LogP contribution is -2.44. The Morgan fingerprint density at radius 2 is 2.26 bits per heavy atom. The summed E-state index contributed by atoms with van der Waals surface area (Å²) >= 11 is 1.62. The SMILES string of the molecule is CC1=C(C(=O)N2CCOCC2)[C@H](c2cccs2)n2ncnc2N1. The molecule has 2 aromatic rings. The van der Waals surface area contributed by atoms with Crippen LogP contribution < -0.4 is 5.32 Å². The van der Waals surface area contributed by atoms with E-state index in [4.69, 9.17) is 4.74 Å². The third kappa shape index (κ3) is 2.43. The van der Waals surface area contributed by atoms with E-state index < -0.39 is 0 Å². The Labute approximate surface area is 137 Å². The summed E-state index contributed by atoms with van der Waals surface area (Å²) in [5.74, 6) is 0.706. The molecular formula is C15H17N5O2S. The Morgan fingerprint density at radius 1 is 1.43 bits per heavy atom. The molecular weight excluding hydrogens is 314 g/mol. The molecule has 0 bridgehead atoms. The fraction of sp³-hybridized carbons (Fsp3) is 0.400. The van der Waals surface area contributed by atoms with E-state index in [0.29, 0.717) is 32.3 Å². The third-order valence-corrected chi connectivity index (χ3v) is 5.06. The second-order valence-electron chi connectivity index (χ2n) is 5.51. The molecule has 120 valence electrons. The van der Waals surface area contributed by atoms with E-state index in [9.17, 15) is 4.79 Å². The number of morpholine rings is 1. The zero-order valence-corrected chi connectivity index (χ0v) is 13.5. The highest BCUT2D eigenvalue weighted by atomic mass is 32.1. The number of fused-ring (bicyclic) bond motifs is 1. The van der Waals surface area contributed by atoms with E-state index in [2.05, 4.69) is 15.4 Å². The van der Waals surface area contributed by atoms with Gasteiger partial charge in [0, 0.05) is 23.7 Å². The molecule has 4 rings (SSSR count). The Morgan fingerprint density at radius 3 is 3.00 bits per heavy atom. The molecule has 7 nitrogen and oxygen atoms in total. The molecule has 1 amide bonds. The molecule has 23 heavy (non-hydrogen) atoms. The molecule has 0 aliphatic carbocycles. The van der Waals surface area contributed by atoms with Crippen LogP contribution in [0.3, 0.4) is 0 Å². The summed E-state index contributed by atoms with van der Waals surface area (Å²) in [5, 5.41) is 9.54. The number of rotatable bonds is 2. The standard InChI is InChI=1S/C15H17N5O2S/c1-10-12(14(21)19-4-6-22-7-5-19)13(11-3-2-8-23-11)20-15(18-10)16-9-17-20/h2-3,8-9,13H,4-7H2,1H3,(H,16,17,18)/t13-/m0/s1. The second-order valence-corrected chi connectivity index (χ2v) is 6.49. The fourth-order valence-corrected chi connectivity index (χ4v) is 3.83. The first kappa shape index (κ1) is 14.4. The highest BCUT2D eigenvalue weighted by Crippen LogP contribution is 2.37. The molecule has 2 aliphatic rings. The Balaban J connectivity index is 1.77. The van der Waals surface area contributed by atoms with E-state index in [1.165, 1.54) is 6.33 Å². The van der Waals surface area contributed by atoms with Crippen molar-refractivity contribution < 1.29 is 9.53 Å². The number of ether oxygens (including phenoxy) is 1. The largest absolute Gasteiger partial charge is 0.378 e. The molecule has 0 radical (unpaired) electrons. The highest BCUT2D eigenvalue weighted by molar-refractivity contribution is 7.10. The van der Waals surface area contributed by atoms with Crippen LogP contribution in [-0.2, 0) is 9.53 Å². The summed E-state index contributed by atoms with van der Waals surface area (Å²) in [7, 11) is 0. The number of nitrogens with zero attached hydrogens (tertiary/aromatic N) is 4. The number of carbonyl (C=O) groups excluding carboxylic acids is 1. The first-order valence-electron chi connectivity index (χ1n) is 7.53. The predicted molar refractivity (Wildman–Crippen MR) is 86.2 cm³/mol. The third-order valence-electron chi connectivity index (χ3n) is 4.14. The van der Waals surface area contributed by atoms with Gasteiger partial charge in [-0.05, 0) is 18.4 Å². The molecule has 1 fully saturated rings. The van der Waals surface area contributed by atoms with Crippen LogP contribution in [0.4, 0.5) is 5.95 Å². The number of thiophene rings is 1. The number of nitrogens with one attached hydrogen (secondary N) is 1. The van der Waals surface area contributed by atoms with Crippen LogP contribution in [0.5, 0.6) is 0 Å². The van der Waals surface area contributed by atoms with Crippen molar-refractivity contribution in [3.63, 3.8) is 0 Å². The predicted octanol–water partition coefficient (Wildman–Crippen LogP) is 1.49. The first-order valence-corrected chi connectivity index (χ1v) is 8.41. The molecule has 2 aromatic heterocycles. The summed E-state index contributed by atoms with van der Waals surface area (Å²) in [5.41, 5.74) is 1.56. The van der Waals surface area contributed by atoms with E-state index in [1.807, 2.05) is 29.3 Å². The average Bonchev–Trinajstić information content (AvgIpc) is 3.25. The van der Waals surface area contributed by atoms with Crippen LogP contribution in [0.2, 0.25) is 0 Å². The highest BCUT2D eigenvalue weighted by Gasteiger charge is 2.36. The molecule has 8 heteroatoms. The van der Waals surface area contributed by atoms with Gasteiger partial charge in [0.05, 0.1) is 18.8 Å². The van der Waals surface area contributed by atoms with Gasteiger partial charge < -0.3 is 15.0 Å². The Bertz CT molecular complexity index is 746. The minimum atomic E-state index is -0.232. The minimum Gasteiger partial charge on any atom is -0.378 e. The van der Waals surface area contributed by atoms with Crippen LogP contribution >= 0.6 is 11.3 Å². The number of allylic oxidation sites excluding steroid dienone is 1. The van der Waals surface area contributed by atoms with Gasteiger partial charge in [0.25, 0.3) is 5.91 Å². The van der Waals surface area contributed by atoms with Gasteiger partial charge in [0.15, 0.2) is 0 Å². The number of amides is 1. The topological polar surface area (TPSA) is 72.3 Å². The average molecular weight is 331 g/mol. The summed E-state index contributed by atoms with van der Waals surface area (Å²) in [6.45, 7) is 4.34. The second kappa shape index (κ2) is 5.78. The van der Waals surface area contributed by atoms with Crippen LogP contribution in [-0.4, -0.2) is 51.9 Å².